The second kappa shape index (κ2) is 18.0. The smallest absolute Gasteiger partial charge is 0.168 e. The van der Waals surface area contributed by atoms with Gasteiger partial charge < -0.3 is 0 Å². The Labute approximate surface area is 399 Å². The SMILES string of the molecule is c1ccc(-c2nnc(-c3cccc(-c4cccc(-c5nnc(-c6cccc(-c7cccc(-c8nnc(-c9ccccc9)n8-c8ccccc8)c7)c6)n5-c5ccccc5)c4)c3)n2-c2ccccc2)cc1. The fourth-order valence-corrected chi connectivity index (χ4v) is 8.97. The lowest BCUT2D eigenvalue weighted by Crippen LogP contribution is -2.01. The van der Waals surface area contributed by atoms with Crippen molar-refractivity contribution in [3.8, 4) is 108 Å². The largest absolute Gasteiger partial charge is 0.275 e. The van der Waals surface area contributed by atoms with Crippen molar-refractivity contribution in [3.63, 3.8) is 0 Å². The third-order valence-electron chi connectivity index (χ3n) is 12.2. The van der Waals surface area contributed by atoms with Crippen molar-refractivity contribution in [1.82, 2.24) is 44.3 Å². The predicted molar refractivity (Wildman–Crippen MR) is 275 cm³/mol. The molecule has 69 heavy (non-hydrogen) atoms. The molecule has 0 aliphatic rings. The molecule has 0 atom stereocenters. The maximum absolute atomic E-state index is 4.91. The molecule has 0 aliphatic heterocycles. The highest BCUT2D eigenvalue weighted by Gasteiger charge is 2.22. The van der Waals surface area contributed by atoms with E-state index in [1.54, 1.807) is 0 Å². The predicted octanol–water partition coefficient (Wildman–Crippen LogP) is 13.8. The van der Waals surface area contributed by atoms with Crippen LogP contribution in [0.25, 0.3) is 108 Å². The molecule has 0 bridgehead atoms. The van der Waals surface area contributed by atoms with Crippen LogP contribution in [0.3, 0.4) is 0 Å². The van der Waals surface area contributed by atoms with Crippen LogP contribution in [0.1, 0.15) is 0 Å². The lowest BCUT2D eigenvalue weighted by atomic mass is 10.00. The van der Waals surface area contributed by atoms with E-state index in [0.29, 0.717) is 0 Å². The molecule has 12 aromatic rings. The summed E-state index contributed by atoms with van der Waals surface area (Å²) in [5, 5.41) is 28.8. The lowest BCUT2D eigenvalue weighted by Gasteiger charge is -2.13. The van der Waals surface area contributed by atoms with Gasteiger partial charge in [0.25, 0.3) is 0 Å². The third kappa shape index (κ3) is 7.89. The van der Waals surface area contributed by atoms with Crippen LogP contribution < -0.4 is 0 Å². The number of benzene rings is 9. The highest BCUT2D eigenvalue weighted by atomic mass is 15.3. The van der Waals surface area contributed by atoms with E-state index in [4.69, 9.17) is 30.6 Å². The number of nitrogens with zero attached hydrogens (tertiary/aromatic N) is 9. The molecule has 0 radical (unpaired) electrons. The van der Waals surface area contributed by atoms with Gasteiger partial charge >= 0.3 is 0 Å². The molecule has 9 nitrogen and oxygen atoms in total. The minimum Gasteiger partial charge on any atom is -0.275 e. The number of hydrogen-bond acceptors (Lipinski definition) is 6. The molecule has 0 fully saturated rings. The number of rotatable bonds is 11. The molecule has 3 aromatic heterocycles. The Bertz CT molecular complexity index is 3490. The van der Waals surface area contributed by atoms with Crippen molar-refractivity contribution < 1.29 is 0 Å². The fraction of sp³-hybridized carbons (Fsp3) is 0. The van der Waals surface area contributed by atoms with E-state index in [2.05, 4.69) is 171 Å². The Hall–Kier alpha value is -9.60. The molecule has 0 spiro atoms. The van der Waals surface area contributed by atoms with Crippen molar-refractivity contribution in [2.45, 2.75) is 0 Å². The Morgan fingerprint density at radius 2 is 0.362 bits per heavy atom. The van der Waals surface area contributed by atoms with Crippen LogP contribution in [0.4, 0.5) is 0 Å². The van der Waals surface area contributed by atoms with Crippen molar-refractivity contribution in [2.24, 2.45) is 0 Å². The van der Waals surface area contributed by atoms with E-state index in [-0.39, 0.29) is 0 Å². The zero-order valence-corrected chi connectivity index (χ0v) is 37.2. The number of aromatic nitrogens is 9. The molecule has 12 rings (SSSR count). The van der Waals surface area contributed by atoms with Gasteiger partial charge in [0.05, 0.1) is 0 Å². The Morgan fingerprint density at radius 1 is 0.174 bits per heavy atom. The van der Waals surface area contributed by atoms with Crippen LogP contribution in [0.2, 0.25) is 0 Å². The van der Waals surface area contributed by atoms with Crippen molar-refractivity contribution in [1.29, 1.82) is 0 Å². The average molecular weight is 888 g/mol. The van der Waals surface area contributed by atoms with Gasteiger partial charge in [0.2, 0.25) is 0 Å². The normalized spacial score (nSPS) is 11.2. The molecule has 9 heteroatoms. The van der Waals surface area contributed by atoms with Gasteiger partial charge in [-0.05, 0) is 82.9 Å². The first-order valence-electron chi connectivity index (χ1n) is 22.8. The molecule has 9 aromatic carbocycles. The van der Waals surface area contributed by atoms with Crippen LogP contribution in [-0.2, 0) is 0 Å². The van der Waals surface area contributed by atoms with Gasteiger partial charge in [0.1, 0.15) is 0 Å². The quantitative estimate of drug-likeness (QED) is 0.128. The highest BCUT2D eigenvalue weighted by molar-refractivity contribution is 5.79. The summed E-state index contributed by atoms with van der Waals surface area (Å²) >= 11 is 0. The van der Waals surface area contributed by atoms with Crippen molar-refractivity contribution in [2.75, 3.05) is 0 Å². The standard InChI is InChI=1S/C60H41N9/c1-6-20-42(21-7-1)55-61-63-57(67(55)52-32-10-3-11-33-52)48-28-16-24-44(38-48)46-26-18-30-50(40-46)59-65-66-60(69(59)54-36-14-5-15-37-54)51-31-19-27-47(41-51)45-25-17-29-49(39-45)58-64-62-56(43-22-8-2-9-23-43)68(58)53-34-12-4-13-35-53/h1-41H. The molecule has 0 saturated carbocycles. The summed E-state index contributed by atoms with van der Waals surface area (Å²) in [6, 6.07) is 85.1. The zero-order chi connectivity index (χ0) is 45.9. The molecule has 3 heterocycles. The van der Waals surface area contributed by atoms with Gasteiger partial charge in [-0.15, -0.1) is 30.6 Å². The Kier molecular flexibility index (Phi) is 10.7. The summed E-state index contributed by atoms with van der Waals surface area (Å²) in [7, 11) is 0. The molecule has 0 saturated heterocycles. The first-order valence-corrected chi connectivity index (χ1v) is 22.8. The molecule has 0 unspecified atom stereocenters. The number of para-hydroxylation sites is 3. The van der Waals surface area contributed by atoms with Crippen LogP contribution >= 0.6 is 0 Å². The summed E-state index contributed by atoms with van der Waals surface area (Å²) in [5.74, 6) is 4.53. The van der Waals surface area contributed by atoms with Crippen LogP contribution in [-0.4, -0.2) is 44.3 Å². The van der Waals surface area contributed by atoms with Gasteiger partial charge in [-0.1, -0.05) is 188 Å². The fourth-order valence-electron chi connectivity index (χ4n) is 8.97. The maximum Gasteiger partial charge on any atom is 0.168 e. The van der Waals surface area contributed by atoms with Crippen LogP contribution in [0.5, 0.6) is 0 Å². The van der Waals surface area contributed by atoms with Gasteiger partial charge in [-0.2, -0.15) is 0 Å². The molecule has 0 aliphatic carbocycles. The summed E-state index contributed by atoms with van der Waals surface area (Å²) in [6.45, 7) is 0. The van der Waals surface area contributed by atoms with E-state index < -0.39 is 0 Å². The Morgan fingerprint density at radius 3 is 0.609 bits per heavy atom. The van der Waals surface area contributed by atoms with Gasteiger partial charge in [-0.3, -0.25) is 13.7 Å². The second-order valence-corrected chi connectivity index (χ2v) is 16.6. The summed E-state index contributed by atoms with van der Waals surface area (Å²) in [6.07, 6.45) is 0. The van der Waals surface area contributed by atoms with Gasteiger partial charge in [0.15, 0.2) is 34.9 Å². The third-order valence-corrected chi connectivity index (χ3v) is 12.2. The van der Waals surface area contributed by atoms with Gasteiger partial charge in [0, 0.05) is 50.4 Å². The molecular weight excluding hydrogens is 847 g/mol. The summed E-state index contributed by atoms with van der Waals surface area (Å²) < 4.78 is 6.40. The topological polar surface area (TPSA) is 92.1 Å². The monoisotopic (exact) mass is 887 g/mol. The van der Waals surface area contributed by atoms with E-state index in [0.717, 1.165) is 108 Å². The highest BCUT2D eigenvalue weighted by Crippen LogP contribution is 2.36. The molecule has 326 valence electrons. The minimum atomic E-state index is 0.729. The number of hydrogen-bond donors (Lipinski definition) is 0. The first kappa shape index (κ1) is 40.9. The van der Waals surface area contributed by atoms with Crippen LogP contribution in [0.15, 0.2) is 249 Å². The summed E-state index contributed by atoms with van der Waals surface area (Å²) in [4.78, 5) is 0. The maximum atomic E-state index is 4.91. The van der Waals surface area contributed by atoms with E-state index in [1.807, 2.05) is 91.0 Å². The minimum absolute atomic E-state index is 0.729. The van der Waals surface area contributed by atoms with Crippen LogP contribution in [0, 0.1) is 0 Å². The lowest BCUT2D eigenvalue weighted by molar-refractivity contribution is 1.07. The van der Waals surface area contributed by atoms with E-state index in [9.17, 15) is 0 Å². The summed E-state index contributed by atoms with van der Waals surface area (Å²) in [5.41, 5.74) is 12.8. The van der Waals surface area contributed by atoms with Crippen molar-refractivity contribution in [3.05, 3.63) is 249 Å². The first-order chi connectivity index (χ1) is 34.2. The van der Waals surface area contributed by atoms with E-state index >= 15 is 0 Å². The molecular formula is C60H41N9. The molecule has 0 amide bonds. The zero-order valence-electron chi connectivity index (χ0n) is 37.2. The second-order valence-electron chi connectivity index (χ2n) is 16.6. The van der Waals surface area contributed by atoms with Crippen molar-refractivity contribution >= 4 is 0 Å². The average Bonchev–Trinajstić information content (AvgIpc) is 4.21. The van der Waals surface area contributed by atoms with Gasteiger partial charge in [-0.25, -0.2) is 0 Å². The van der Waals surface area contributed by atoms with E-state index in [1.165, 1.54) is 0 Å². The molecule has 0 N–H and O–H groups in total. The Balaban J connectivity index is 0.909.